The SMILES string of the molecule is O=C(CSc1nnc(Nc2ccccc2F)s1)Nc1ccc([N+](=O)[O-])cc1. The minimum atomic E-state index is -0.510. The van der Waals surface area contributed by atoms with Crippen molar-refractivity contribution in [2.45, 2.75) is 4.34 Å². The number of benzene rings is 2. The number of hydrogen-bond donors (Lipinski definition) is 2. The number of aromatic nitrogens is 2. The molecular formula is C16H12FN5O3S2. The van der Waals surface area contributed by atoms with E-state index in [4.69, 9.17) is 0 Å². The van der Waals surface area contributed by atoms with Crippen molar-refractivity contribution in [3.63, 3.8) is 0 Å². The zero-order valence-corrected chi connectivity index (χ0v) is 15.2. The molecule has 0 saturated carbocycles. The summed E-state index contributed by atoms with van der Waals surface area (Å²) in [6.07, 6.45) is 0. The molecule has 0 aliphatic heterocycles. The molecule has 1 amide bonds. The van der Waals surface area contributed by atoms with Crippen LogP contribution in [0.4, 0.5) is 26.6 Å². The summed E-state index contributed by atoms with van der Waals surface area (Å²) >= 11 is 2.38. The van der Waals surface area contributed by atoms with Gasteiger partial charge in [0.2, 0.25) is 11.0 Å². The second-order valence-corrected chi connectivity index (χ2v) is 7.32. The standard InChI is InChI=1S/C16H12FN5O3S2/c17-12-3-1-2-4-13(12)19-15-20-21-16(27-15)26-9-14(23)18-10-5-7-11(8-6-10)22(24)25/h1-8H,9H2,(H,18,23)(H,19,20). The van der Waals surface area contributed by atoms with Crippen LogP contribution in [-0.4, -0.2) is 26.8 Å². The number of carbonyl (C=O) groups excluding carboxylic acids is 1. The molecule has 2 N–H and O–H groups in total. The van der Waals surface area contributed by atoms with E-state index in [1.807, 2.05) is 0 Å². The third kappa shape index (κ3) is 5.21. The van der Waals surface area contributed by atoms with Crippen molar-refractivity contribution in [3.05, 3.63) is 64.5 Å². The van der Waals surface area contributed by atoms with Crippen LogP contribution < -0.4 is 10.6 Å². The monoisotopic (exact) mass is 405 g/mol. The highest BCUT2D eigenvalue weighted by atomic mass is 32.2. The summed E-state index contributed by atoms with van der Waals surface area (Å²) in [6.45, 7) is 0. The average Bonchev–Trinajstić information content (AvgIpc) is 3.10. The molecule has 1 aromatic heterocycles. The first-order valence-corrected chi connectivity index (χ1v) is 9.33. The van der Waals surface area contributed by atoms with Gasteiger partial charge in [-0.25, -0.2) is 4.39 Å². The Labute approximate surface area is 161 Å². The Morgan fingerprint density at radius 2 is 1.93 bits per heavy atom. The molecule has 0 radical (unpaired) electrons. The Hall–Kier alpha value is -3.05. The van der Waals surface area contributed by atoms with Crippen molar-refractivity contribution in [3.8, 4) is 0 Å². The molecule has 0 spiro atoms. The number of hydrogen-bond acceptors (Lipinski definition) is 8. The summed E-state index contributed by atoms with van der Waals surface area (Å²) in [4.78, 5) is 22.1. The molecule has 138 valence electrons. The Morgan fingerprint density at radius 1 is 1.19 bits per heavy atom. The van der Waals surface area contributed by atoms with E-state index in [1.165, 1.54) is 53.4 Å². The van der Waals surface area contributed by atoms with Gasteiger partial charge in [0.1, 0.15) is 5.82 Å². The number of halogens is 1. The fraction of sp³-hybridized carbons (Fsp3) is 0.0625. The molecule has 3 aromatic rings. The number of rotatable bonds is 7. The average molecular weight is 405 g/mol. The molecule has 11 heteroatoms. The van der Waals surface area contributed by atoms with Crippen molar-refractivity contribution < 1.29 is 14.1 Å². The second-order valence-electron chi connectivity index (χ2n) is 5.12. The zero-order chi connectivity index (χ0) is 19.2. The molecule has 8 nitrogen and oxygen atoms in total. The number of carbonyl (C=O) groups is 1. The van der Waals surface area contributed by atoms with E-state index in [0.29, 0.717) is 20.8 Å². The van der Waals surface area contributed by atoms with E-state index in [9.17, 15) is 19.3 Å². The van der Waals surface area contributed by atoms with Crippen LogP contribution in [0, 0.1) is 15.9 Å². The number of non-ortho nitro benzene ring substituents is 1. The van der Waals surface area contributed by atoms with Crippen molar-refractivity contribution in [2.75, 3.05) is 16.4 Å². The van der Waals surface area contributed by atoms with E-state index < -0.39 is 10.7 Å². The molecule has 3 rings (SSSR count). The van der Waals surface area contributed by atoms with E-state index in [1.54, 1.807) is 18.2 Å². The fourth-order valence-electron chi connectivity index (χ4n) is 1.99. The Morgan fingerprint density at radius 3 is 2.63 bits per heavy atom. The highest BCUT2D eigenvalue weighted by molar-refractivity contribution is 8.01. The van der Waals surface area contributed by atoms with Crippen LogP contribution in [0.1, 0.15) is 0 Å². The van der Waals surface area contributed by atoms with E-state index in [2.05, 4.69) is 20.8 Å². The van der Waals surface area contributed by atoms with Crippen LogP contribution >= 0.6 is 23.1 Å². The predicted molar refractivity (Wildman–Crippen MR) is 102 cm³/mol. The lowest BCUT2D eigenvalue weighted by Gasteiger charge is -2.03. The van der Waals surface area contributed by atoms with Gasteiger partial charge in [-0.05, 0) is 24.3 Å². The number of amides is 1. The molecule has 2 aromatic carbocycles. The van der Waals surface area contributed by atoms with Crippen LogP contribution in [0.2, 0.25) is 0 Å². The molecule has 0 aliphatic carbocycles. The fourth-order valence-corrected chi connectivity index (χ4v) is 3.55. The Balaban J connectivity index is 1.51. The lowest BCUT2D eigenvalue weighted by Crippen LogP contribution is -2.13. The minimum absolute atomic E-state index is 0.0499. The first kappa shape index (κ1) is 18.7. The maximum absolute atomic E-state index is 13.6. The van der Waals surface area contributed by atoms with Gasteiger partial charge in [-0.15, -0.1) is 10.2 Å². The van der Waals surface area contributed by atoms with Crippen molar-refractivity contribution in [1.82, 2.24) is 10.2 Å². The normalized spacial score (nSPS) is 10.4. The number of anilines is 3. The van der Waals surface area contributed by atoms with Crippen LogP contribution in [0.15, 0.2) is 52.9 Å². The number of nitro benzene ring substituents is 1. The van der Waals surface area contributed by atoms with Crippen molar-refractivity contribution >= 4 is 51.2 Å². The van der Waals surface area contributed by atoms with Gasteiger partial charge in [-0.3, -0.25) is 14.9 Å². The van der Waals surface area contributed by atoms with Crippen molar-refractivity contribution in [2.24, 2.45) is 0 Å². The number of nitrogens with one attached hydrogen (secondary N) is 2. The third-order valence-corrected chi connectivity index (χ3v) is 5.18. The van der Waals surface area contributed by atoms with Gasteiger partial charge >= 0.3 is 0 Å². The van der Waals surface area contributed by atoms with Gasteiger partial charge in [-0.1, -0.05) is 35.2 Å². The van der Waals surface area contributed by atoms with Gasteiger partial charge in [0.05, 0.1) is 16.4 Å². The summed E-state index contributed by atoms with van der Waals surface area (Å²) in [5.41, 5.74) is 0.706. The molecular weight excluding hydrogens is 393 g/mol. The van der Waals surface area contributed by atoms with E-state index in [0.717, 1.165) is 0 Å². The largest absolute Gasteiger partial charge is 0.328 e. The quantitative estimate of drug-likeness (QED) is 0.346. The molecule has 0 unspecified atom stereocenters. The highest BCUT2D eigenvalue weighted by Crippen LogP contribution is 2.28. The maximum atomic E-state index is 13.6. The van der Waals surface area contributed by atoms with Crippen LogP contribution in [0.5, 0.6) is 0 Å². The topological polar surface area (TPSA) is 110 Å². The summed E-state index contributed by atoms with van der Waals surface area (Å²) in [7, 11) is 0. The molecule has 0 aliphatic rings. The number of thioether (sulfide) groups is 1. The lowest BCUT2D eigenvalue weighted by molar-refractivity contribution is -0.384. The lowest BCUT2D eigenvalue weighted by atomic mass is 10.3. The summed E-state index contributed by atoms with van der Waals surface area (Å²) in [5, 5.41) is 24.4. The molecule has 0 fully saturated rings. The smallest absolute Gasteiger partial charge is 0.269 e. The molecule has 27 heavy (non-hydrogen) atoms. The van der Waals surface area contributed by atoms with Gasteiger partial charge < -0.3 is 10.6 Å². The molecule has 0 saturated heterocycles. The van der Waals surface area contributed by atoms with E-state index >= 15 is 0 Å². The third-order valence-electron chi connectivity index (χ3n) is 3.21. The molecule has 0 atom stereocenters. The Kier molecular flexibility index (Phi) is 5.94. The van der Waals surface area contributed by atoms with E-state index in [-0.39, 0.29) is 17.3 Å². The highest BCUT2D eigenvalue weighted by Gasteiger charge is 2.11. The van der Waals surface area contributed by atoms with Gasteiger partial charge in [0, 0.05) is 17.8 Å². The summed E-state index contributed by atoms with van der Waals surface area (Å²) in [6, 6.07) is 11.8. The van der Waals surface area contributed by atoms with Crippen LogP contribution in [-0.2, 0) is 4.79 Å². The number of para-hydroxylation sites is 1. The van der Waals surface area contributed by atoms with Gasteiger partial charge in [-0.2, -0.15) is 0 Å². The summed E-state index contributed by atoms with van der Waals surface area (Å²) < 4.78 is 14.2. The second kappa shape index (κ2) is 8.56. The minimum Gasteiger partial charge on any atom is -0.328 e. The van der Waals surface area contributed by atoms with Gasteiger partial charge in [0.25, 0.3) is 5.69 Å². The van der Waals surface area contributed by atoms with Crippen LogP contribution in [0.25, 0.3) is 0 Å². The number of nitro groups is 1. The van der Waals surface area contributed by atoms with Crippen molar-refractivity contribution in [1.29, 1.82) is 0 Å². The number of nitrogens with zero attached hydrogens (tertiary/aromatic N) is 3. The van der Waals surface area contributed by atoms with Crippen LogP contribution in [0.3, 0.4) is 0 Å². The molecule has 0 bridgehead atoms. The first-order chi connectivity index (χ1) is 13.0. The van der Waals surface area contributed by atoms with Gasteiger partial charge in [0.15, 0.2) is 4.34 Å². The summed E-state index contributed by atoms with van der Waals surface area (Å²) in [5.74, 6) is -0.595. The predicted octanol–water partition coefficient (Wildman–Crippen LogP) is 4.06. The Bertz CT molecular complexity index is 965. The zero-order valence-electron chi connectivity index (χ0n) is 13.6. The molecule has 1 heterocycles. The first-order valence-electron chi connectivity index (χ1n) is 7.53. The maximum Gasteiger partial charge on any atom is 0.269 e.